The molecular weight excluding hydrogens is 931 g/mol. The second-order valence-electron chi connectivity index (χ2n) is 24.1. The third kappa shape index (κ3) is 60.2. The zero-order valence-electron chi connectivity index (χ0n) is 51.7. The Hall–Kier alpha value is -1.43. The van der Waals surface area contributed by atoms with Crippen molar-refractivity contribution in [2.45, 2.75) is 405 Å². The van der Waals surface area contributed by atoms with Crippen LogP contribution in [0.3, 0.4) is 0 Å². The third-order valence-corrected chi connectivity index (χ3v) is 16.5. The topological polar surface area (TPSA) is 89.8 Å². The Labute approximate surface area is 476 Å². The summed E-state index contributed by atoms with van der Waals surface area (Å²) in [6, 6.07) is -0.816. The van der Waals surface area contributed by atoms with E-state index in [4.69, 9.17) is 0 Å². The van der Waals surface area contributed by atoms with Crippen LogP contribution in [0.4, 0.5) is 0 Å². The molecule has 76 heavy (non-hydrogen) atoms. The molecule has 5 nitrogen and oxygen atoms in total. The third-order valence-electron chi connectivity index (χ3n) is 16.5. The van der Waals surface area contributed by atoms with Gasteiger partial charge >= 0.3 is 0 Å². The van der Waals surface area contributed by atoms with E-state index in [-0.39, 0.29) is 6.61 Å². The van der Waals surface area contributed by atoms with Crippen molar-refractivity contribution in [3.63, 3.8) is 0 Å². The number of allylic oxidation sites excluding steroid dienone is 5. The van der Waals surface area contributed by atoms with E-state index in [0.717, 1.165) is 38.5 Å². The molecule has 450 valence electrons. The molecule has 0 heterocycles. The second kappa shape index (κ2) is 66.1. The van der Waals surface area contributed by atoms with E-state index in [2.05, 4.69) is 43.5 Å². The van der Waals surface area contributed by atoms with Gasteiger partial charge in [-0.15, -0.1) is 0 Å². The lowest BCUT2D eigenvalue weighted by Crippen LogP contribution is -2.48. The molecule has 0 radical (unpaired) electrons. The fraction of sp³-hybridized carbons (Fsp3) is 0.901. The quantitative estimate of drug-likeness (QED) is 0.0361. The minimum absolute atomic E-state index is 0.374. The molecule has 0 rings (SSSR count). The molecule has 0 bridgehead atoms. The van der Waals surface area contributed by atoms with Crippen LogP contribution in [0.15, 0.2) is 36.5 Å². The van der Waals surface area contributed by atoms with Gasteiger partial charge in [0.05, 0.1) is 18.8 Å². The minimum atomic E-state index is -1.11. The highest BCUT2D eigenvalue weighted by Gasteiger charge is 2.22. The van der Waals surface area contributed by atoms with Gasteiger partial charge in [0.25, 0.3) is 0 Å². The predicted octanol–water partition coefficient (Wildman–Crippen LogP) is 22.5. The number of hydrogen-bond donors (Lipinski definition) is 4. The zero-order valence-corrected chi connectivity index (χ0v) is 51.7. The number of carbonyl (C=O) groups excluding carboxylic acids is 1. The SMILES string of the molecule is CCCCCCCCCCCCCCCCCCCC/C=C\CCCCCCCCCCCCCCCCCCC(O)C(=O)NC(CO)C(O)/C=C/CC/C=C/CCCCCCCCCCCCCCCCCCCC. The van der Waals surface area contributed by atoms with Crippen molar-refractivity contribution in [3.05, 3.63) is 36.5 Å². The summed E-state index contributed by atoms with van der Waals surface area (Å²) in [6.45, 7) is 4.22. The molecule has 0 aromatic heterocycles. The van der Waals surface area contributed by atoms with Crippen LogP contribution >= 0.6 is 0 Å². The van der Waals surface area contributed by atoms with E-state index in [1.807, 2.05) is 6.08 Å². The summed E-state index contributed by atoms with van der Waals surface area (Å²) >= 11 is 0. The summed E-state index contributed by atoms with van der Waals surface area (Å²) in [4.78, 5) is 12.6. The van der Waals surface area contributed by atoms with Crippen LogP contribution in [-0.2, 0) is 4.79 Å². The normalized spacial score (nSPS) is 13.3. The van der Waals surface area contributed by atoms with E-state index in [9.17, 15) is 20.1 Å². The van der Waals surface area contributed by atoms with Gasteiger partial charge in [-0.3, -0.25) is 4.79 Å². The van der Waals surface area contributed by atoms with Gasteiger partial charge in [0.1, 0.15) is 6.10 Å². The van der Waals surface area contributed by atoms with Gasteiger partial charge in [-0.1, -0.05) is 365 Å². The number of amides is 1. The molecule has 0 aliphatic rings. The van der Waals surface area contributed by atoms with Gasteiger partial charge in [0, 0.05) is 0 Å². The Bertz CT molecular complexity index is 1180. The molecule has 0 aromatic carbocycles. The molecule has 5 heteroatoms. The van der Waals surface area contributed by atoms with Crippen LogP contribution in [0.5, 0.6) is 0 Å². The first-order valence-electron chi connectivity index (χ1n) is 34.8. The number of aliphatic hydroxyl groups is 3. The molecule has 0 saturated carbocycles. The minimum Gasteiger partial charge on any atom is -0.394 e. The monoisotopic (exact) mass is 1070 g/mol. The summed E-state index contributed by atoms with van der Waals surface area (Å²) in [6.07, 6.45) is 88.7. The number of aliphatic hydroxyl groups excluding tert-OH is 3. The van der Waals surface area contributed by atoms with Gasteiger partial charge in [0.2, 0.25) is 5.91 Å². The Morgan fingerprint density at radius 2 is 0.539 bits per heavy atom. The molecule has 0 fully saturated rings. The lowest BCUT2D eigenvalue weighted by molar-refractivity contribution is -0.131. The predicted molar refractivity (Wildman–Crippen MR) is 338 cm³/mol. The smallest absolute Gasteiger partial charge is 0.249 e. The number of hydrogen-bond acceptors (Lipinski definition) is 4. The Balaban J connectivity index is 3.50. The Morgan fingerprint density at radius 3 is 0.803 bits per heavy atom. The van der Waals surface area contributed by atoms with E-state index < -0.39 is 24.2 Å². The van der Waals surface area contributed by atoms with Crippen molar-refractivity contribution >= 4 is 5.91 Å². The van der Waals surface area contributed by atoms with Gasteiger partial charge < -0.3 is 20.6 Å². The summed E-state index contributed by atoms with van der Waals surface area (Å²) in [5.74, 6) is -0.506. The summed E-state index contributed by atoms with van der Waals surface area (Å²) in [5, 5.41) is 33.5. The Kier molecular flexibility index (Phi) is 64.8. The number of nitrogens with one attached hydrogen (secondary N) is 1. The number of rotatable bonds is 65. The van der Waals surface area contributed by atoms with Crippen molar-refractivity contribution in [1.29, 1.82) is 0 Å². The maximum atomic E-state index is 12.6. The molecule has 3 unspecified atom stereocenters. The summed E-state index contributed by atoms with van der Waals surface area (Å²) in [5.41, 5.74) is 0. The van der Waals surface area contributed by atoms with Gasteiger partial charge in [-0.2, -0.15) is 0 Å². The highest BCUT2D eigenvalue weighted by molar-refractivity contribution is 5.80. The zero-order chi connectivity index (χ0) is 55.0. The summed E-state index contributed by atoms with van der Waals surface area (Å²) in [7, 11) is 0. The molecule has 0 aliphatic carbocycles. The molecule has 0 aliphatic heterocycles. The number of unbranched alkanes of at least 4 members (excludes halogenated alkanes) is 53. The molecule has 1 amide bonds. The van der Waals surface area contributed by atoms with E-state index in [1.165, 1.54) is 327 Å². The highest BCUT2D eigenvalue weighted by atomic mass is 16.3. The highest BCUT2D eigenvalue weighted by Crippen LogP contribution is 2.19. The van der Waals surface area contributed by atoms with Crippen molar-refractivity contribution in [2.24, 2.45) is 0 Å². The maximum Gasteiger partial charge on any atom is 0.249 e. The maximum absolute atomic E-state index is 12.6. The lowest BCUT2D eigenvalue weighted by Gasteiger charge is -2.21. The molecular formula is C71H137NO4. The van der Waals surface area contributed by atoms with Gasteiger partial charge in [-0.05, 0) is 57.8 Å². The Morgan fingerprint density at radius 1 is 0.316 bits per heavy atom. The van der Waals surface area contributed by atoms with Crippen molar-refractivity contribution < 1.29 is 20.1 Å². The standard InChI is InChI=1S/C71H137NO4/c1-3-5-7-9-11-13-15-17-19-21-23-25-27-29-30-31-32-33-34-35-36-37-38-39-40-41-42-44-46-48-50-52-54-56-58-60-62-64-66-70(75)71(76)72-68(67-73)69(74)65-63-61-59-57-55-53-51-49-47-45-43-28-26-24-22-20-18-16-14-12-10-8-6-4-2/h35-36,55,57,63,65,68-70,73-75H,3-34,37-54,56,58-62,64,66-67H2,1-2H3,(H,72,76)/b36-35-,57-55+,65-63+. The van der Waals surface area contributed by atoms with Crippen molar-refractivity contribution in [1.82, 2.24) is 5.32 Å². The molecule has 0 aromatic rings. The molecule has 3 atom stereocenters. The lowest BCUT2D eigenvalue weighted by atomic mass is 10.0. The molecule has 0 saturated heterocycles. The van der Waals surface area contributed by atoms with Crippen molar-refractivity contribution in [2.75, 3.05) is 6.61 Å². The van der Waals surface area contributed by atoms with Gasteiger partial charge in [-0.25, -0.2) is 0 Å². The molecule has 0 spiro atoms. The fourth-order valence-corrected chi connectivity index (χ4v) is 11.1. The average molecular weight is 1070 g/mol. The van der Waals surface area contributed by atoms with Crippen LogP contribution in [-0.4, -0.2) is 46.1 Å². The first-order valence-corrected chi connectivity index (χ1v) is 34.8. The first kappa shape index (κ1) is 74.6. The van der Waals surface area contributed by atoms with E-state index in [1.54, 1.807) is 6.08 Å². The van der Waals surface area contributed by atoms with Crippen LogP contribution in [0, 0.1) is 0 Å². The van der Waals surface area contributed by atoms with E-state index >= 15 is 0 Å². The van der Waals surface area contributed by atoms with Crippen LogP contribution in [0.1, 0.15) is 386 Å². The van der Waals surface area contributed by atoms with Crippen LogP contribution in [0.25, 0.3) is 0 Å². The largest absolute Gasteiger partial charge is 0.394 e. The molecule has 4 N–H and O–H groups in total. The average Bonchev–Trinajstić information content (AvgIpc) is 3.42. The van der Waals surface area contributed by atoms with Crippen LogP contribution < -0.4 is 5.32 Å². The first-order chi connectivity index (χ1) is 37.6. The summed E-state index contributed by atoms with van der Waals surface area (Å²) < 4.78 is 0. The van der Waals surface area contributed by atoms with Crippen LogP contribution in [0.2, 0.25) is 0 Å². The van der Waals surface area contributed by atoms with E-state index in [0.29, 0.717) is 6.42 Å². The second-order valence-corrected chi connectivity index (χ2v) is 24.1. The van der Waals surface area contributed by atoms with Gasteiger partial charge in [0.15, 0.2) is 0 Å². The number of carbonyl (C=O) groups is 1. The fourth-order valence-electron chi connectivity index (χ4n) is 11.1. The van der Waals surface area contributed by atoms with Crippen molar-refractivity contribution in [3.8, 4) is 0 Å².